The highest BCUT2D eigenvalue weighted by Crippen LogP contribution is 2.35. The molecule has 0 radical (unpaired) electrons. The molecule has 0 aliphatic heterocycles. The monoisotopic (exact) mass is 286 g/mol. The second-order valence-electron chi connectivity index (χ2n) is 5.90. The van der Waals surface area contributed by atoms with Gasteiger partial charge >= 0.3 is 0 Å². The Bertz CT molecular complexity index is 529. The van der Waals surface area contributed by atoms with Crippen LogP contribution < -0.4 is 5.73 Å². The Morgan fingerprint density at radius 1 is 1.15 bits per heavy atom. The Kier molecular flexibility index (Phi) is 4.84. The van der Waals surface area contributed by atoms with Crippen LogP contribution in [0.5, 0.6) is 0 Å². The third-order valence-corrected chi connectivity index (χ3v) is 4.56. The van der Waals surface area contributed by atoms with Gasteiger partial charge in [0, 0.05) is 29.1 Å². The van der Waals surface area contributed by atoms with E-state index in [1.807, 2.05) is 12.3 Å². The number of nitrogens with two attached hydrogens (primary N) is 1. The minimum absolute atomic E-state index is 0.194. The van der Waals surface area contributed by atoms with Gasteiger partial charge in [-0.2, -0.15) is 0 Å². The molecule has 3 heteroatoms. The molecule has 1 aromatic heterocycles. The molecule has 1 unspecified atom stereocenters. The fraction of sp³-hybridized carbons (Fsp3) is 0.353. The predicted molar refractivity (Wildman–Crippen MR) is 87.0 cm³/mol. The maximum absolute atomic E-state index is 5.90. The van der Waals surface area contributed by atoms with Gasteiger partial charge in [-0.1, -0.05) is 39.0 Å². The Hall–Kier alpha value is -1.32. The van der Waals surface area contributed by atoms with Crippen molar-refractivity contribution < 1.29 is 0 Å². The lowest BCUT2D eigenvalue weighted by molar-refractivity contribution is 0.590. The van der Waals surface area contributed by atoms with Crippen LogP contribution in [0.2, 0.25) is 0 Å². The lowest BCUT2D eigenvalue weighted by atomic mass is 9.87. The summed E-state index contributed by atoms with van der Waals surface area (Å²) in [7, 11) is 0. The first kappa shape index (κ1) is 15.1. The number of hydrogen-bond acceptors (Lipinski definition) is 3. The average Bonchev–Trinajstić information content (AvgIpc) is 2.45. The Morgan fingerprint density at radius 2 is 1.85 bits per heavy atom. The number of pyridine rings is 1. The SMILES string of the molecule is CC(C)(C)c1ccc(SC(CN)c2cccnc2)cc1. The normalized spacial score (nSPS) is 13.2. The van der Waals surface area contributed by atoms with E-state index < -0.39 is 0 Å². The molecular formula is C17H22N2S. The van der Waals surface area contributed by atoms with E-state index in [0.29, 0.717) is 6.54 Å². The summed E-state index contributed by atoms with van der Waals surface area (Å²) >= 11 is 1.80. The highest BCUT2D eigenvalue weighted by molar-refractivity contribution is 7.99. The number of rotatable bonds is 4. The number of hydrogen-bond donors (Lipinski definition) is 1. The van der Waals surface area contributed by atoms with Crippen LogP contribution in [0, 0.1) is 0 Å². The van der Waals surface area contributed by atoms with Crippen LogP contribution in [0.3, 0.4) is 0 Å². The number of aromatic nitrogens is 1. The van der Waals surface area contributed by atoms with Crippen molar-refractivity contribution in [1.82, 2.24) is 4.98 Å². The fourth-order valence-corrected chi connectivity index (χ4v) is 3.01. The molecule has 0 saturated heterocycles. The highest BCUT2D eigenvalue weighted by Gasteiger charge is 2.15. The standard InChI is InChI=1S/C17H22N2S/c1-17(2,3)14-6-8-15(9-7-14)20-16(11-18)13-5-4-10-19-12-13/h4-10,12,16H,11,18H2,1-3H3. The molecule has 2 nitrogen and oxygen atoms in total. The van der Waals surface area contributed by atoms with Gasteiger partial charge in [0.05, 0.1) is 0 Å². The van der Waals surface area contributed by atoms with E-state index in [9.17, 15) is 0 Å². The molecule has 0 bridgehead atoms. The van der Waals surface area contributed by atoms with Gasteiger partial charge in [-0.25, -0.2) is 0 Å². The van der Waals surface area contributed by atoms with Crippen LogP contribution >= 0.6 is 11.8 Å². The van der Waals surface area contributed by atoms with Crippen LogP contribution in [0.25, 0.3) is 0 Å². The molecule has 1 heterocycles. The third-order valence-electron chi connectivity index (χ3n) is 3.27. The van der Waals surface area contributed by atoms with E-state index >= 15 is 0 Å². The van der Waals surface area contributed by atoms with Crippen LogP contribution in [0.1, 0.15) is 37.1 Å². The summed E-state index contributed by atoms with van der Waals surface area (Å²) in [6.07, 6.45) is 3.69. The second kappa shape index (κ2) is 6.42. The van der Waals surface area contributed by atoms with Gasteiger partial charge in [0.15, 0.2) is 0 Å². The van der Waals surface area contributed by atoms with Crippen molar-refractivity contribution in [3.05, 3.63) is 59.9 Å². The molecule has 2 rings (SSSR count). The van der Waals surface area contributed by atoms with Crippen molar-refractivity contribution in [3.63, 3.8) is 0 Å². The van der Waals surface area contributed by atoms with E-state index in [1.54, 1.807) is 18.0 Å². The fourth-order valence-electron chi connectivity index (χ4n) is 2.02. The second-order valence-corrected chi connectivity index (χ2v) is 7.18. The molecule has 106 valence electrons. The van der Waals surface area contributed by atoms with Gasteiger partial charge in [-0.15, -0.1) is 11.8 Å². The predicted octanol–water partition coefficient (Wildman–Crippen LogP) is 4.17. The Labute approximate surface area is 125 Å². The van der Waals surface area contributed by atoms with Gasteiger partial charge in [-0.05, 0) is 34.7 Å². The molecule has 0 aliphatic carbocycles. The summed E-state index contributed by atoms with van der Waals surface area (Å²) in [4.78, 5) is 5.42. The van der Waals surface area contributed by atoms with Crippen molar-refractivity contribution in [2.24, 2.45) is 5.73 Å². The topological polar surface area (TPSA) is 38.9 Å². The molecule has 0 saturated carbocycles. The summed E-state index contributed by atoms with van der Waals surface area (Å²) in [6, 6.07) is 12.8. The molecule has 1 aromatic carbocycles. The summed E-state index contributed by atoms with van der Waals surface area (Å²) in [6.45, 7) is 7.30. The largest absolute Gasteiger partial charge is 0.329 e. The van der Waals surface area contributed by atoms with E-state index in [4.69, 9.17) is 5.73 Å². The minimum atomic E-state index is 0.194. The highest BCUT2D eigenvalue weighted by atomic mass is 32.2. The zero-order valence-electron chi connectivity index (χ0n) is 12.3. The van der Waals surface area contributed by atoms with Crippen molar-refractivity contribution in [2.45, 2.75) is 36.3 Å². The zero-order valence-corrected chi connectivity index (χ0v) is 13.2. The summed E-state index contributed by atoms with van der Waals surface area (Å²) < 4.78 is 0. The summed E-state index contributed by atoms with van der Waals surface area (Å²) in [5.74, 6) is 0. The first-order chi connectivity index (χ1) is 9.50. The Morgan fingerprint density at radius 3 is 2.35 bits per heavy atom. The van der Waals surface area contributed by atoms with Gasteiger partial charge in [-0.3, -0.25) is 4.98 Å². The lowest BCUT2D eigenvalue weighted by Gasteiger charge is -2.20. The molecule has 0 fully saturated rings. The van der Waals surface area contributed by atoms with Crippen molar-refractivity contribution >= 4 is 11.8 Å². The minimum Gasteiger partial charge on any atom is -0.329 e. The van der Waals surface area contributed by atoms with Gasteiger partial charge < -0.3 is 5.73 Å². The Balaban J connectivity index is 2.13. The molecular weight excluding hydrogens is 264 g/mol. The molecule has 0 amide bonds. The third kappa shape index (κ3) is 3.84. The first-order valence-electron chi connectivity index (χ1n) is 6.88. The van der Waals surface area contributed by atoms with Crippen LogP contribution in [-0.2, 0) is 5.41 Å². The molecule has 0 spiro atoms. The molecule has 1 atom stereocenters. The van der Waals surface area contributed by atoms with Crippen molar-refractivity contribution in [1.29, 1.82) is 0 Å². The van der Waals surface area contributed by atoms with Gasteiger partial charge in [0.2, 0.25) is 0 Å². The van der Waals surface area contributed by atoms with Gasteiger partial charge in [0.25, 0.3) is 0 Å². The maximum Gasteiger partial charge on any atom is 0.0482 e. The first-order valence-corrected chi connectivity index (χ1v) is 7.76. The molecule has 20 heavy (non-hydrogen) atoms. The van der Waals surface area contributed by atoms with Crippen LogP contribution in [0.15, 0.2) is 53.7 Å². The molecule has 2 aromatic rings. The van der Waals surface area contributed by atoms with E-state index in [-0.39, 0.29) is 10.7 Å². The number of thioether (sulfide) groups is 1. The smallest absolute Gasteiger partial charge is 0.0482 e. The quantitative estimate of drug-likeness (QED) is 0.857. The van der Waals surface area contributed by atoms with E-state index in [0.717, 1.165) is 0 Å². The van der Waals surface area contributed by atoms with Crippen molar-refractivity contribution in [3.8, 4) is 0 Å². The van der Waals surface area contributed by atoms with E-state index in [1.165, 1.54) is 16.0 Å². The van der Waals surface area contributed by atoms with Gasteiger partial charge in [0.1, 0.15) is 0 Å². The summed E-state index contributed by atoms with van der Waals surface area (Å²) in [5, 5.41) is 0.254. The molecule has 0 aliphatic rings. The number of nitrogens with zero attached hydrogens (tertiary/aromatic N) is 1. The van der Waals surface area contributed by atoms with E-state index in [2.05, 4.69) is 56.1 Å². The van der Waals surface area contributed by atoms with Crippen LogP contribution in [-0.4, -0.2) is 11.5 Å². The van der Waals surface area contributed by atoms with Crippen LogP contribution in [0.4, 0.5) is 0 Å². The summed E-state index contributed by atoms with van der Waals surface area (Å²) in [5.41, 5.74) is 8.63. The molecule has 2 N–H and O–H groups in total. The zero-order chi connectivity index (χ0) is 14.6. The maximum atomic E-state index is 5.90. The average molecular weight is 286 g/mol. The number of benzene rings is 1. The lowest BCUT2D eigenvalue weighted by Crippen LogP contribution is -2.11. The van der Waals surface area contributed by atoms with Crippen molar-refractivity contribution in [2.75, 3.05) is 6.54 Å².